The van der Waals surface area contributed by atoms with E-state index in [4.69, 9.17) is 10.5 Å². The number of thioether (sulfide) groups is 1. The number of esters is 1. The number of H-pyrrole nitrogens is 1. The number of ether oxygens (including phenoxy) is 1. The van der Waals surface area contributed by atoms with E-state index >= 15 is 0 Å². The van der Waals surface area contributed by atoms with Gasteiger partial charge in [0.15, 0.2) is 0 Å². The Morgan fingerprint density at radius 1 is 1.46 bits per heavy atom. The summed E-state index contributed by atoms with van der Waals surface area (Å²) in [5.41, 5.74) is 6.96. The lowest BCUT2D eigenvalue weighted by atomic mass is 10.1. The number of thiophene rings is 1. The summed E-state index contributed by atoms with van der Waals surface area (Å²) in [7, 11) is 0. The number of carbonyl (C=O) groups excluding carboxylic acids is 2. The van der Waals surface area contributed by atoms with Gasteiger partial charge in [-0.1, -0.05) is 11.8 Å². The predicted octanol–water partition coefficient (Wildman–Crippen LogP) is 1.84. The average Bonchev–Trinajstić information content (AvgIpc) is 3.21. The molecule has 0 bridgehead atoms. The highest BCUT2D eigenvalue weighted by Crippen LogP contribution is 2.39. The smallest absolute Gasteiger partial charge is 0.341 e. The quantitative estimate of drug-likeness (QED) is 0.526. The van der Waals surface area contributed by atoms with Crippen molar-refractivity contribution in [3.63, 3.8) is 0 Å². The third-order valence-electron chi connectivity index (χ3n) is 3.47. The maximum atomic E-state index is 12.2. The van der Waals surface area contributed by atoms with Crippen molar-refractivity contribution in [2.45, 2.75) is 31.3 Å². The van der Waals surface area contributed by atoms with Gasteiger partial charge in [0.1, 0.15) is 5.00 Å². The molecule has 4 N–H and O–H groups in total. The molecule has 128 valence electrons. The van der Waals surface area contributed by atoms with Crippen LogP contribution >= 0.6 is 23.1 Å². The van der Waals surface area contributed by atoms with Gasteiger partial charge in [-0.2, -0.15) is 4.98 Å². The number of carbonyl (C=O) groups is 2. The summed E-state index contributed by atoms with van der Waals surface area (Å²) in [6.45, 7) is 2.07. The Labute approximate surface area is 146 Å². The molecule has 1 aliphatic carbocycles. The fraction of sp³-hybridized carbons (Fsp3) is 0.429. The second-order valence-electron chi connectivity index (χ2n) is 5.12. The molecule has 0 fully saturated rings. The summed E-state index contributed by atoms with van der Waals surface area (Å²) in [5, 5.41) is 10.2. The first-order valence-electron chi connectivity index (χ1n) is 7.50. The van der Waals surface area contributed by atoms with Crippen molar-refractivity contribution in [2.24, 2.45) is 0 Å². The highest BCUT2D eigenvalue weighted by molar-refractivity contribution is 7.99. The number of nitrogens with zero attached hydrogens (tertiary/aromatic N) is 2. The second-order valence-corrected chi connectivity index (χ2v) is 7.17. The predicted molar refractivity (Wildman–Crippen MR) is 92.4 cm³/mol. The summed E-state index contributed by atoms with van der Waals surface area (Å²) >= 11 is 2.62. The molecule has 2 heterocycles. The summed E-state index contributed by atoms with van der Waals surface area (Å²) in [6.07, 6.45) is 2.82. The molecule has 0 atom stereocenters. The molecule has 1 aliphatic rings. The van der Waals surface area contributed by atoms with Crippen molar-refractivity contribution in [2.75, 3.05) is 23.4 Å². The first kappa shape index (κ1) is 16.8. The van der Waals surface area contributed by atoms with Gasteiger partial charge in [0.05, 0.1) is 17.9 Å². The summed E-state index contributed by atoms with van der Waals surface area (Å²) in [6, 6.07) is 0. The van der Waals surface area contributed by atoms with Crippen LogP contribution in [-0.4, -0.2) is 39.4 Å². The van der Waals surface area contributed by atoms with Gasteiger partial charge in [-0.3, -0.25) is 4.79 Å². The molecule has 8 nitrogen and oxygen atoms in total. The van der Waals surface area contributed by atoms with Crippen LogP contribution in [0.3, 0.4) is 0 Å². The van der Waals surface area contributed by atoms with Crippen molar-refractivity contribution in [3.05, 3.63) is 16.0 Å². The number of fused-ring (bicyclic) bond motifs is 1. The lowest BCUT2D eigenvalue weighted by molar-refractivity contribution is -0.113. The van der Waals surface area contributed by atoms with Gasteiger partial charge >= 0.3 is 5.97 Å². The van der Waals surface area contributed by atoms with E-state index in [0.717, 1.165) is 29.7 Å². The number of nitrogen functional groups attached to an aromatic ring is 1. The van der Waals surface area contributed by atoms with E-state index in [1.54, 1.807) is 6.92 Å². The van der Waals surface area contributed by atoms with Gasteiger partial charge < -0.3 is 15.8 Å². The zero-order chi connectivity index (χ0) is 17.1. The standard InChI is InChI=1S/C14H17N5O3S2/c1-2-22-12(21)10-7-4-3-5-8(7)24-11(10)16-9(20)6-23-14-17-13(15)18-19-14/h2-6H2,1H3,(H,16,20)(H3,15,17,18,19). The summed E-state index contributed by atoms with van der Waals surface area (Å²) < 4.78 is 5.14. The van der Waals surface area contributed by atoms with Crippen LogP contribution in [0.25, 0.3) is 0 Å². The normalized spacial score (nSPS) is 12.9. The average molecular weight is 367 g/mol. The molecule has 3 rings (SSSR count). The van der Waals surface area contributed by atoms with E-state index < -0.39 is 0 Å². The molecule has 10 heteroatoms. The molecule has 2 aromatic rings. The van der Waals surface area contributed by atoms with Crippen molar-refractivity contribution < 1.29 is 14.3 Å². The van der Waals surface area contributed by atoms with Crippen LogP contribution in [0.15, 0.2) is 5.16 Å². The lowest BCUT2D eigenvalue weighted by Crippen LogP contribution is -2.16. The minimum absolute atomic E-state index is 0.127. The van der Waals surface area contributed by atoms with Crippen molar-refractivity contribution >= 4 is 45.9 Å². The molecular formula is C14H17N5O3S2. The Bertz CT molecular complexity index is 771. The van der Waals surface area contributed by atoms with Crippen LogP contribution in [0.4, 0.5) is 10.9 Å². The van der Waals surface area contributed by atoms with Crippen LogP contribution < -0.4 is 11.1 Å². The van der Waals surface area contributed by atoms with E-state index in [-0.39, 0.29) is 23.6 Å². The molecule has 0 radical (unpaired) electrons. The fourth-order valence-corrected chi connectivity index (χ4v) is 4.43. The Kier molecular flexibility index (Phi) is 5.05. The zero-order valence-corrected chi connectivity index (χ0v) is 14.7. The number of nitrogens with one attached hydrogen (secondary N) is 2. The number of aromatic nitrogens is 3. The summed E-state index contributed by atoms with van der Waals surface area (Å²) in [5.74, 6) is -0.269. The molecule has 0 aliphatic heterocycles. The summed E-state index contributed by atoms with van der Waals surface area (Å²) in [4.78, 5) is 29.5. The number of nitrogens with two attached hydrogens (primary N) is 1. The third kappa shape index (κ3) is 3.54. The van der Waals surface area contributed by atoms with Gasteiger partial charge in [0, 0.05) is 4.88 Å². The van der Waals surface area contributed by atoms with E-state index in [9.17, 15) is 9.59 Å². The highest BCUT2D eigenvalue weighted by atomic mass is 32.2. The SMILES string of the molecule is CCOC(=O)c1c(NC(=O)CSc2n[nH]c(N)n2)sc2c1CCC2. The Morgan fingerprint density at radius 2 is 2.29 bits per heavy atom. The lowest BCUT2D eigenvalue weighted by Gasteiger charge is -2.07. The van der Waals surface area contributed by atoms with E-state index in [1.165, 1.54) is 23.1 Å². The van der Waals surface area contributed by atoms with Gasteiger partial charge in [-0.25, -0.2) is 9.89 Å². The number of aromatic amines is 1. The van der Waals surface area contributed by atoms with Crippen molar-refractivity contribution in [1.82, 2.24) is 15.2 Å². The van der Waals surface area contributed by atoms with Crippen molar-refractivity contribution in [1.29, 1.82) is 0 Å². The van der Waals surface area contributed by atoms with Gasteiger partial charge in [-0.15, -0.1) is 16.4 Å². The molecule has 0 saturated carbocycles. The van der Waals surface area contributed by atoms with E-state index in [0.29, 0.717) is 22.3 Å². The zero-order valence-electron chi connectivity index (χ0n) is 13.0. The first-order chi connectivity index (χ1) is 11.6. The van der Waals surface area contributed by atoms with E-state index in [1.807, 2.05) is 0 Å². The monoisotopic (exact) mass is 367 g/mol. The van der Waals surface area contributed by atoms with E-state index in [2.05, 4.69) is 20.5 Å². The maximum absolute atomic E-state index is 12.2. The molecule has 0 saturated heterocycles. The number of anilines is 2. The molecule has 2 aromatic heterocycles. The van der Waals surface area contributed by atoms with Crippen LogP contribution in [0.2, 0.25) is 0 Å². The number of aryl methyl sites for hydroxylation is 1. The largest absolute Gasteiger partial charge is 0.462 e. The van der Waals surface area contributed by atoms with Gasteiger partial charge in [0.2, 0.25) is 17.0 Å². The number of amides is 1. The molecule has 24 heavy (non-hydrogen) atoms. The second kappa shape index (κ2) is 7.22. The first-order valence-corrected chi connectivity index (χ1v) is 9.31. The molecular weight excluding hydrogens is 350 g/mol. The number of hydrogen-bond acceptors (Lipinski definition) is 8. The highest BCUT2D eigenvalue weighted by Gasteiger charge is 2.28. The Balaban J connectivity index is 1.70. The Morgan fingerprint density at radius 3 is 3.00 bits per heavy atom. The third-order valence-corrected chi connectivity index (χ3v) is 5.52. The maximum Gasteiger partial charge on any atom is 0.341 e. The van der Waals surface area contributed by atoms with Gasteiger partial charge in [0.25, 0.3) is 0 Å². The van der Waals surface area contributed by atoms with Crippen LogP contribution in [0, 0.1) is 0 Å². The molecule has 0 unspecified atom stereocenters. The number of hydrogen-bond donors (Lipinski definition) is 3. The van der Waals surface area contributed by atoms with Crippen LogP contribution in [-0.2, 0) is 22.4 Å². The topological polar surface area (TPSA) is 123 Å². The van der Waals surface area contributed by atoms with Crippen molar-refractivity contribution in [3.8, 4) is 0 Å². The fourth-order valence-electron chi connectivity index (χ4n) is 2.53. The number of rotatable bonds is 6. The molecule has 0 aromatic carbocycles. The van der Waals surface area contributed by atoms with Crippen LogP contribution in [0.1, 0.15) is 34.1 Å². The minimum atomic E-state index is -0.374. The van der Waals surface area contributed by atoms with Crippen LogP contribution in [0.5, 0.6) is 0 Å². The molecule has 1 amide bonds. The minimum Gasteiger partial charge on any atom is -0.462 e. The Hall–Kier alpha value is -2.07. The molecule has 0 spiro atoms. The van der Waals surface area contributed by atoms with Gasteiger partial charge in [-0.05, 0) is 31.7 Å².